The first kappa shape index (κ1) is 11.0. The van der Waals surface area contributed by atoms with Crippen molar-refractivity contribution in [3.63, 3.8) is 0 Å². The molecule has 1 aromatic heterocycles. The molecule has 4 aliphatic carbocycles. The third-order valence-electron chi connectivity index (χ3n) is 5.34. The van der Waals surface area contributed by atoms with E-state index in [2.05, 4.69) is 9.55 Å². The van der Waals surface area contributed by atoms with Crippen LogP contribution in [0, 0.1) is 22.5 Å². The molecule has 4 fully saturated rings. The van der Waals surface area contributed by atoms with Gasteiger partial charge in [-0.3, -0.25) is 9.78 Å². The molecular formula is C14H18N2OS. The van der Waals surface area contributed by atoms with E-state index in [4.69, 9.17) is 12.2 Å². The van der Waals surface area contributed by atoms with Crippen molar-refractivity contribution in [2.75, 3.05) is 0 Å². The third-order valence-corrected chi connectivity index (χ3v) is 5.64. The normalized spacial score (nSPS) is 41.2. The molecular weight excluding hydrogens is 244 g/mol. The van der Waals surface area contributed by atoms with Gasteiger partial charge in [-0.25, -0.2) is 0 Å². The Bertz CT molecular complexity index is 565. The van der Waals surface area contributed by atoms with Crippen molar-refractivity contribution >= 4 is 12.2 Å². The molecule has 0 amide bonds. The Labute approximate surface area is 111 Å². The molecule has 1 heterocycles. The molecule has 0 aliphatic heterocycles. The highest BCUT2D eigenvalue weighted by Gasteiger charge is 2.51. The minimum Gasteiger partial charge on any atom is -0.319 e. The van der Waals surface area contributed by atoms with E-state index in [0.29, 0.717) is 4.77 Å². The van der Waals surface area contributed by atoms with Gasteiger partial charge in [0.05, 0.1) is 0 Å². The lowest BCUT2D eigenvalue weighted by atomic mass is 9.53. The predicted molar refractivity (Wildman–Crippen MR) is 72.0 cm³/mol. The van der Waals surface area contributed by atoms with Crippen LogP contribution in [0.25, 0.3) is 0 Å². The highest BCUT2D eigenvalue weighted by molar-refractivity contribution is 7.71. The van der Waals surface area contributed by atoms with E-state index in [1.165, 1.54) is 38.5 Å². The zero-order valence-corrected chi connectivity index (χ0v) is 11.2. The molecule has 4 bridgehead atoms. The van der Waals surface area contributed by atoms with E-state index in [1.807, 2.05) is 6.20 Å². The molecule has 4 heteroatoms. The summed E-state index contributed by atoms with van der Waals surface area (Å²) in [6.45, 7) is 0. The monoisotopic (exact) mass is 262 g/mol. The van der Waals surface area contributed by atoms with Gasteiger partial charge in [0.2, 0.25) is 0 Å². The second-order valence-electron chi connectivity index (χ2n) is 6.62. The maximum atomic E-state index is 11.3. The van der Waals surface area contributed by atoms with Crippen LogP contribution in [-0.4, -0.2) is 9.55 Å². The number of hydrogen-bond donors (Lipinski definition) is 1. The van der Waals surface area contributed by atoms with Crippen LogP contribution < -0.4 is 5.56 Å². The predicted octanol–water partition coefficient (Wildman–Crippen LogP) is 2.83. The largest absolute Gasteiger partial charge is 0.319 e. The lowest BCUT2D eigenvalue weighted by Crippen LogP contribution is -2.52. The molecule has 0 unspecified atom stereocenters. The van der Waals surface area contributed by atoms with E-state index in [9.17, 15) is 4.79 Å². The first-order valence-corrected chi connectivity index (χ1v) is 7.38. The highest BCUT2D eigenvalue weighted by atomic mass is 32.1. The van der Waals surface area contributed by atoms with Gasteiger partial charge in [-0.2, -0.15) is 0 Å². The van der Waals surface area contributed by atoms with Crippen LogP contribution >= 0.6 is 12.2 Å². The summed E-state index contributed by atoms with van der Waals surface area (Å²) in [5.74, 6) is 2.68. The molecule has 3 nitrogen and oxygen atoms in total. The summed E-state index contributed by atoms with van der Waals surface area (Å²) >= 11 is 5.38. The molecule has 1 N–H and O–H groups in total. The number of aromatic nitrogens is 2. The van der Waals surface area contributed by atoms with Gasteiger partial charge in [0, 0.05) is 17.8 Å². The van der Waals surface area contributed by atoms with E-state index < -0.39 is 0 Å². The van der Waals surface area contributed by atoms with E-state index in [0.717, 1.165) is 17.8 Å². The first-order chi connectivity index (χ1) is 8.64. The van der Waals surface area contributed by atoms with Crippen LogP contribution in [-0.2, 0) is 5.54 Å². The van der Waals surface area contributed by atoms with Crippen molar-refractivity contribution in [3.8, 4) is 0 Å². The average Bonchev–Trinajstić information content (AvgIpc) is 2.26. The maximum absolute atomic E-state index is 11.3. The lowest BCUT2D eigenvalue weighted by molar-refractivity contribution is -0.0445. The highest BCUT2D eigenvalue weighted by Crippen LogP contribution is 2.58. The number of aromatic amines is 1. The van der Waals surface area contributed by atoms with Gasteiger partial charge >= 0.3 is 0 Å². The molecule has 0 aromatic carbocycles. The van der Waals surface area contributed by atoms with Gasteiger partial charge in [-0.1, -0.05) is 0 Å². The van der Waals surface area contributed by atoms with Crippen LogP contribution in [0.2, 0.25) is 0 Å². The lowest BCUT2D eigenvalue weighted by Gasteiger charge is -2.57. The molecule has 0 atom stereocenters. The second-order valence-corrected chi connectivity index (χ2v) is 7.01. The maximum Gasteiger partial charge on any atom is 0.251 e. The second kappa shape index (κ2) is 3.56. The molecule has 96 valence electrons. The van der Waals surface area contributed by atoms with Crippen LogP contribution in [0.5, 0.6) is 0 Å². The van der Waals surface area contributed by atoms with Crippen LogP contribution in [0.15, 0.2) is 17.1 Å². The van der Waals surface area contributed by atoms with Crippen molar-refractivity contribution in [2.24, 2.45) is 17.8 Å². The number of nitrogens with zero attached hydrogens (tertiary/aromatic N) is 1. The van der Waals surface area contributed by atoms with Gasteiger partial charge in [0.25, 0.3) is 5.56 Å². The van der Waals surface area contributed by atoms with Crippen LogP contribution in [0.4, 0.5) is 0 Å². The Morgan fingerprint density at radius 2 is 1.72 bits per heavy atom. The first-order valence-electron chi connectivity index (χ1n) is 6.97. The summed E-state index contributed by atoms with van der Waals surface area (Å²) in [6, 6.07) is 1.62. The summed E-state index contributed by atoms with van der Waals surface area (Å²) in [5.41, 5.74) is 0.136. The Balaban J connectivity index is 1.84. The number of H-pyrrole nitrogens is 1. The molecule has 4 aliphatic rings. The van der Waals surface area contributed by atoms with E-state index in [-0.39, 0.29) is 11.1 Å². The smallest absolute Gasteiger partial charge is 0.251 e. The fourth-order valence-corrected chi connectivity index (χ4v) is 5.51. The van der Waals surface area contributed by atoms with Gasteiger partial charge in [0.1, 0.15) is 0 Å². The zero-order valence-electron chi connectivity index (χ0n) is 10.4. The number of hydrogen-bond acceptors (Lipinski definition) is 2. The minimum atomic E-state index is -0.0824. The molecule has 1 aromatic rings. The topological polar surface area (TPSA) is 37.8 Å². The molecule has 0 spiro atoms. The fraction of sp³-hybridized carbons (Fsp3) is 0.714. The van der Waals surface area contributed by atoms with E-state index >= 15 is 0 Å². The number of nitrogens with one attached hydrogen (secondary N) is 1. The Hall–Kier alpha value is -0.900. The quantitative estimate of drug-likeness (QED) is 0.790. The molecule has 0 saturated heterocycles. The summed E-state index contributed by atoms with van der Waals surface area (Å²) in [5, 5.41) is 0. The van der Waals surface area contributed by atoms with Crippen LogP contribution in [0.1, 0.15) is 38.5 Å². The van der Waals surface area contributed by atoms with E-state index in [1.54, 1.807) is 6.07 Å². The minimum absolute atomic E-state index is 0.0824. The van der Waals surface area contributed by atoms with Crippen molar-refractivity contribution in [2.45, 2.75) is 44.1 Å². The summed E-state index contributed by atoms with van der Waals surface area (Å²) in [7, 11) is 0. The molecule has 4 saturated carbocycles. The van der Waals surface area contributed by atoms with Crippen molar-refractivity contribution in [1.82, 2.24) is 9.55 Å². The molecule has 0 radical (unpaired) electrons. The summed E-state index contributed by atoms with van der Waals surface area (Å²) in [4.78, 5) is 14.1. The molecule has 18 heavy (non-hydrogen) atoms. The fourth-order valence-electron chi connectivity index (χ4n) is 5.15. The van der Waals surface area contributed by atoms with Crippen molar-refractivity contribution < 1.29 is 0 Å². The van der Waals surface area contributed by atoms with Gasteiger partial charge in [-0.15, -0.1) is 0 Å². The van der Waals surface area contributed by atoms with Gasteiger partial charge in [0.15, 0.2) is 4.77 Å². The summed E-state index contributed by atoms with van der Waals surface area (Å²) in [6.07, 6.45) is 9.99. The summed E-state index contributed by atoms with van der Waals surface area (Å²) < 4.78 is 2.82. The van der Waals surface area contributed by atoms with Gasteiger partial charge < -0.3 is 4.57 Å². The standard InChI is InChI=1S/C14H18N2OS/c17-12-1-2-16(13(18)15-12)14-6-9-3-10(7-14)5-11(4-9)8-14/h1-2,9-11H,3-8H2,(H,15,17,18). The Morgan fingerprint density at radius 3 is 2.22 bits per heavy atom. The SMILES string of the molecule is O=c1ccn(C23CC4CC(CC(C4)C2)C3)c(=S)[nH]1. The average molecular weight is 262 g/mol. The number of rotatable bonds is 1. The van der Waals surface area contributed by atoms with Crippen LogP contribution in [0.3, 0.4) is 0 Å². The Kier molecular flexibility index (Phi) is 2.17. The van der Waals surface area contributed by atoms with Gasteiger partial charge in [-0.05, 0) is 68.5 Å². The van der Waals surface area contributed by atoms with Crippen molar-refractivity contribution in [1.29, 1.82) is 0 Å². The molecule has 5 rings (SSSR count). The van der Waals surface area contributed by atoms with Crippen molar-refractivity contribution in [3.05, 3.63) is 27.4 Å². The Morgan fingerprint density at radius 1 is 1.17 bits per heavy atom. The third kappa shape index (κ3) is 1.48. The zero-order chi connectivity index (χ0) is 12.3.